The molecule has 1 aliphatic heterocycles. The number of hydrogen-bond acceptors (Lipinski definition) is 1. The number of benzene rings is 1. The first-order valence-corrected chi connectivity index (χ1v) is 5.97. The molecule has 1 N–H and O–H groups in total. The molecule has 1 nitrogen and oxygen atoms in total. The fraction of sp³-hybridized carbons (Fsp3) is 0.571. The predicted octanol–water partition coefficient (Wildman–Crippen LogP) is 3.36. The van der Waals surface area contributed by atoms with Gasteiger partial charge in [0.2, 0.25) is 0 Å². The van der Waals surface area contributed by atoms with Crippen LogP contribution in [0.1, 0.15) is 42.5 Å². The monoisotopic (exact) mass is 203 g/mol. The van der Waals surface area contributed by atoms with Crippen molar-refractivity contribution in [1.29, 1.82) is 0 Å². The van der Waals surface area contributed by atoms with Crippen molar-refractivity contribution in [2.45, 2.75) is 39.7 Å². The van der Waals surface area contributed by atoms with E-state index in [2.05, 4.69) is 44.3 Å². The topological polar surface area (TPSA) is 12.0 Å². The van der Waals surface area contributed by atoms with Crippen LogP contribution in [0.15, 0.2) is 18.2 Å². The molecule has 1 aromatic rings. The second-order valence-electron chi connectivity index (χ2n) is 5.00. The van der Waals surface area contributed by atoms with Gasteiger partial charge in [-0.15, -0.1) is 0 Å². The average Bonchev–Trinajstić information content (AvgIpc) is 2.22. The molecule has 1 aliphatic rings. The average molecular weight is 203 g/mol. The number of piperidine rings is 1. The summed E-state index contributed by atoms with van der Waals surface area (Å²) in [5.41, 5.74) is 4.30. The molecule has 0 aromatic heterocycles. The largest absolute Gasteiger partial charge is 0.310 e. The van der Waals surface area contributed by atoms with Gasteiger partial charge in [-0.05, 0) is 50.3 Å². The minimum absolute atomic E-state index is 0.577. The molecule has 0 bridgehead atoms. The molecule has 2 unspecified atom stereocenters. The van der Waals surface area contributed by atoms with E-state index in [1.165, 1.54) is 36.1 Å². The van der Waals surface area contributed by atoms with Crippen molar-refractivity contribution in [2.75, 3.05) is 6.54 Å². The summed E-state index contributed by atoms with van der Waals surface area (Å²) in [6.45, 7) is 7.92. The predicted molar refractivity (Wildman–Crippen MR) is 65.1 cm³/mol. The van der Waals surface area contributed by atoms with Crippen LogP contribution in [0.5, 0.6) is 0 Å². The Labute approximate surface area is 92.9 Å². The molecule has 15 heavy (non-hydrogen) atoms. The highest BCUT2D eigenvalue weighted by molar-refractivity contribution is 5.33. The molecule has 0 aliphatic carbocycles. The lowest BCUT2D eigenvalue weighted by Crippen LogP contribution is -2.31. The molecule has 0 spiro atoms. The smallest absolute Gasteiger partial charge is 0.0325 e. The van der Waals surface area contributed by atoms with E-state index in [1.807, 2.05) is 0 Å². The maximum absolute atomic E-state index is 3.63. The third-order valence-corrected chi connectivity index (χ3v) is 3.48. The lowest BCUT2D eigenvalue weighted by molar-refractivity contribution is 0.324. The third kappa shape index (κ3) is 2.40. The Morgan fingerprint density at radius 2 is 2.07 bits per heavy atom. The van der Waals surface area contributed by atoms with Crippen LogP contribution in [-0.4, -0.2) is 6.54 Å². The second-order valence-corrected chi connectivity index (χ2v) is 5.00. The van der Waals surface area contributed by atoms with Crippen molar-refractivity contribution in [1.82, 2.24) is 5.32 Å². The van der Waals surface area contributed by atoms with Gasteiger partial charge in [0.15, 0.2) is 0 Å². The van der Waals surface area contributed by atoms with Gasteiger partial charge in [0.1, 0.15) is 0 Å². The first-order valence-electron chi connectivity index (χ1n) is 5.97. The van der Waals surface area contributed by atoms with Gasteiger partial charge in [-0.2, -0.15) is 0 Å². The van der Waals surface area contributed by atoms with E-state index in [1.54, 1.807) is 0 Å². The minimum atomic E-state index is 0.577. The molecule has 1 saturated heterocycles. The Balaban J connectivity index is 2.24. The van der Waals surface area contributed by atoms with Crippen molar-refractivity contribution in [2.24, 2.45) is 5.92 Å². The summed E-state index contributed by atoms with van der Waals surface area (Å²) in [5.74, 6) is 0.858. The molecule has 1 aromatic carbocycles. The molecular weight excluding hydrogens is 182 g/mol. The Hall–Kier alpha value is -0.820. The van der Waals surface area contributed by atoms with Crippen LogP contribution in [0.3, 0.4) is 0 Å². The van der Waals surface area contributed by atoms with E-state index in [-0.39, 0.29) is 0 Å². The first kappa shape index (κ1) is 10.7. The summed E-state index contributed by atoms with van der Waals surface area (Å²) in [6, 6.07) is 7.36. The number of aryl methyl sites for hydroxylation is 2. The van der Waals surface area contributed by atoms with E-state index in [0.717, 1.165) is 5.92 Å². The lowest BCUT2D eigenvalue weighted by Gasteiger charge is -2.29. The number of hydrogen-bond donors (Lipinski definition) is 1. The molecule has 0 saturated carbocycles. The summed E-state index contributed by atoms with van der Waals surface area (Å²) in [5, 5.41) is 3.63. The zero-order chi connectivity index (χ0) is 10.8. The maximum atomic E-state index is 3.63. The SMILES string of the molecule is Cc1ccc(C)c(C2CC(C)CCN2)c1. The lowest BCUT2D eigenvalue weighted by atomic mass is 9.88. The zero-order valence-corrected chi connectivity index (χ0v) is 10.0. The van der Waals surface area contributed by atoms with Crippen molar-refractivity contribution < 1.29 is 0 Å². The first-order chi connectivity index (χ1) is 7.16. The molecule has 0 amide bonds. The number of nitrogens with one attached hydrogen (secondary N) is 1. The molecule has 82 valence electrons. The molecule has 1 fully saturated rings. The van der Waals surface area contributed by atoms with Crippen LogP contribution >= 0.6 is 0 Å². The summed E-state index contributed by atoms with van der Waals surface area (Å²) in [7, 11) is 0. The van der Waals surface area contributed by atoms with Crippen LogP contribution in [0.4, 0.5) is 0 Å². The quantitative estimate of drug-likeness (QED) is 0.738. The molecule has 2 rings (SSSR count). The molecule has 2 atom stereocenters. The highest BCUT2D eigenvalue weighted by Crippen LogP contribution is 2.29. The molecular formula is C14H21N. The zero-order valence-electron chi connectivity index (χ0n) is 10.0. The standard InChI is InChI=1S/C14H21N/c1-10-4-5-12(3)13(8-10)14-9-11(2)6-7-15-14/h4-5,8,11,14-15H,6-7,9H2,1-3H3. The fourth-order valence-electron chi connectivity index (χ4n) is 2.48. The van der Waals surface area contributed by atoms with E-state index < -0.39 is 0 Å². The molecule has 0 radical (unpaired) electrons. The van der Waals surface area contributed by atoms with E-state index in [4.69, 9.17) is 0 Å². The van der Waals surface area contributed by atoms with Crippen molar-refractivity contribution in [3.05, 3.63) is 34.9 Å². The second kappa shape index (κ2) is 4.36. The summed E-state index contributed by atoms with van der Waals surface area (Å²) < 4.78 is 0. The van der Waals surface area contributed by atoms with Crippen LogP contribution in [0, 0.1) is 19.8 Å². The number of rotatable bonds is 1. The van der Waals surface area contributed by atoms with Crippen molar-refractivity contribution in [3.8, 4) is 0 Å². The summed E-state index contributed by atoms with van der Waals surface area (Å²) >= 11 is 0. The van der Waals surface area contributed by atoms with E-state index >= 15 is 0 Å². The van der Waals surface area contributed by atoms with E-state index in [9.17, 15) is 0 Å². The van der Waals surface area contributed by atoms with Gasteiger partial charge in [-0.1, -0.05) is 30.7 Å². The van der Waals surface area contributed by atoms with E-state index in [0.29, 0.717) is 6.04 Å². The van der Waals surface area contributed by atoms with Gasteiger partial charge in [0.25, 0.3) is 0 Å². The fourth-order valence-corrected chi connectivity index (χ4v) is 2.48. The molecule has 1 heterocycles. The molecule has 1 heteroatoms. The van der Waals surface area contributed by atoms with Gasteiger partial charge < -0.3 is 5.32 Å². The van der Waals surface area contributed by atoms with Gasteiger partial charge >= 0.3 is 0 Å². The van der Waals surface area contributed by atoms with Crippen LogP contribution in [0.2, 0.25) is 0 Å². The third-order valence-electron chi connectivity index (χ3n) is 3.48. The normalized spacial score (nSPS) is 26.6. The van der Waals surface area contributed by atoms with Crippen molar-refractivity contribution in [3.63, 3.8) is 0 Å². The van der Waals surface area contributed by atoms with Gasteiger partial charge in [0, 0.05) is 6.04 Å². The Morgan fingerprint density at radius 1 is 1.27 bits per heavy atom. The Kier molecular flexibility index (Phi) is 3.11. The van der Waals surface area contributed by atoms with Crippen LogP contribution < -0.4 is 5.32 Å². The van der Waals surface area contributed by atoms with Crippen molar-refractivity contribution >= 4 is 0 Å². The van der Waals surface area contributed by atoms with Crippen LogP contribution in [-0.2, 0) is 0 Å². The van der Waals surface area contributed by atoms with Gasteiger partial charge in [0.05, 0.1) is 0 Å². The van der Waals surface area contributed by atoms with Gasteiger partial charge in [-0.3, -0.25) is 0 Å². The highest BCUT2D eigenvalue weighted by Gasteiger charge is 2.20. The Morgan fingerprint density at radius 3 is 2.80 bits per heavy atom. The highest BCUT2D eigenvalue weighted by atomic mass is 14.9. The van der Waals surface area contributed by atoms with Crippen LogP contribution in [0.25, 0.3) is 0 Å². The summed E-state index contributed by atoms with van der Waals surface area (Å²) in [6.07, 6.45) is 2.60. The Bertz CT molecular complexity index is 343. The summed E-state index contributed by atoms with van der Waals surface area (Å²) in [4.78, 5) is 0. The van der Waals surface area contributed by atoms with Gasteiger partial charge in [-0.25, -0.2) is 0 Å². The maximum Gasteiger partial charge on any atom is 0.0325 e. The minimum Gasteiger partial charge on any atom is -0.310 e.